The van der Waals surface area contributed by atoms with Crippen LogP contribution >= 0.6 is 0 Å². The number of Topliss-reactive ketones (excluding diaryl/α,β-unsaturated/α-hetero) is 1. The molecule has 0 bridgehead atoms. The number of halogens is 2. The first-order valence-electron chi connectivity index (χ1n) is 11.1. The van der Waals surface area contributed by atoms with E-state index in [0.717, 1.165) is 0 Å². The van der Waals surface area contributed by atoms with E-state index in [9.17, 15) is 23.2 Å². The van der Waals surface area contributed by atoms with Gasteiger partial charge in [-0.1, -0.05) is 91.0 Å². The first-order chi connectivity index (χ1) is 16.8. The van der Waals surface area contributed by atoms with Crippen LogP contribution in [-0.2, 0) is 33.8 Å². The van der Waals surface area contributed by atoms with Crippen LogP contribution in [0.3, 0.4) is 0 Å². The molecule has 3 rings (SSSR count). The Balaban J connectivity index is 1.63. The highest BCUT2D eigenvalue weighted by Crippen LogP contribution is 2.19. The Morgan fingerprint density at radius 2 is 1.29 bits per heavy atom. The van der Waals surface area contributed by atoms with Gasteiger partial charge in [0, 0.05) is 6.42 Å². The lowest BCUT2D eigenvalue weighted by Gasteiger charge is -2.23. The van der Waals surface area contributed by atoms with Gasteiger partial charge in [0.15, 0.2) is 0 Å². The molecule has 0 aliphatic carbocycles. The molecule has 1 atom stereocenters. The van der Waals surface area contributed by atoms with Crippen LogP contribution in [0.15, 0.2) is 91.0 Å². The average molecular weight is 481 g/mol. The second-order valence-electron chi connectivity index (χ2n) is 7.96. The van der Waals surface area contributed by atoms with Gasteiger partial charge in [-0.05, 0) is 16.7 Å². The van der Waals surface area contributed by atoms with Crippen molar-refractivity contribution in [2.45, 2.75) is 31.4 Å². The Morgan fingerprint density at radius 3 is 1.86 bits per heavy atom. The van der Waals surface area contributed by atoms with Gasteiger partial charge in [0.25, 0.3) is 0 Å². The van der Waals surface area contributed by atoms with Crippen LogP contribution in [0.1, 0.15) is 16.7 Å². The number of nitrogens with one attached hydrogen (secondary N) is 2. The molecule has 0 saturated heterocycles. The molecule has 0 aliphatic rings. The summed E-state index contributed by atoms with van der Waals surface area (Å²) in [6.07, 6.45) is -1.25. The Morgan fingerprint density at radius 1 is 0.771 bits per heavy atom. The summed E-state index contributed by atoms with van der Waals surface area (Å²) in [4.78, 5) is 37.2. The van der Waals surface area contributed by atoms with Crippen molar-refractivity contribution in [2.24, 2.45) is 0 Å². The molecular weight excluding hydrogens is 454 g/mol. The summed E-state index contributed by atoms with van der Waals surface area (Å²) in [6.45, 7) is -1.26. The van der Waals surface area contributed by atoms with E-state index in [4.69, 9.17) is 4.74 Å². The molecule has 0 fully saturated rings. The van der Waals surface area contributed by atoms with E-state index in [2.05, 4.69) is 10.6 Å². The van der Waals surface area contributed by atoms with Gasteiger partial charge >= 0.3 is 12.0 Å². The van der Waals surface area contributed by atoms with Gasteiger partial charge in [-0.15, -0.1) is 0 Å². The molecular formula is C27H26F2N2O4. The minimum atomic E-state index is -3.90. The van der Waals surface area contributed by atoms with Crippen molar-refractivity contribution < 1.29 is 27.9 Å². The van der Waals surface area contributed by atoms with Gasteiger partial charge in [0.1, 0.15) is 12.6 Å². The van der Waals surface area contributed by atoms with Gasteiger partial charge in [0.2, 0.25) is 11.7 Å². The SMILES string of the molecule is O=C(Cc1ccccc1)NCC(F)(F)C(=O)[C@H](Cc1ccccc1)NC(=O)OCc1ccccc1. The van der Waals surface area contributed by atoms with E-state index in [-0.39, 0.29) is 19.4 Å². The third kappa shape index (κ3) is 8.33. The van der Waals surface area contributed by atoms with Crippen LogP contribution in [0.4, 0.5) is 13.6 Å². The Labute approximate surface area is 202 Å². The highest BCUT2D eigenvalue weighted by molar-refractivity contribution is 5.93. The third-order valence-electron chi connectivity index (χ3n) is 5.18. The molecule has 0 heterocycles. The third-order valence-corrected chi connectivity index (χ3v) is 5.18. The normalized spacial score (nSPS) is 11.8. The van der Waals surface area contributed by atoms with Crippen LogP contribution in [0.25, 0.3) is 0 Å². The Bertz CT molecular complexity index is 1110. The number of alkyl carbamates (subject to hydrolysis) is 1. The first kappa shape index (κ1) is 25.6. The summed E-state index contributed by atoms with van der Waals surface area (Å²) in [5.74, 6) is -6.06. The zero-order valence-electron chi connectivity index (χ0n) is 19.0. The molecule has 8 heteroatoms. The number of amides is 2. The molecule has 0 saturated carbocycles. The molecule has 2 amide bonds. The number of rotatable bonds is 11. The zero-order valence-corrected chi connectivity index (χ0v) is 19.0. The lowest BCUT2D eigenvalue weighted by molar-refractivity contribution is -0.145. The number of hydrogen-bond donors (Lipinski definition) is 2. The molecule has 0 unspecified atom stereocenters. The van der Waals surface area contributed by atoms with Gasteiger partial charge in [0.05, 0.1) is 13.0 Å². The first-order valence-corrected chi connectivity index (χ1v) is 11.1. The zero-order chi connectivity index (χ0) is 25.1. The topological polar surface area (TPSA) is 84.5 Å². The molecule has 0 aromatic heterocycles. The Kier molecular flexibility index (Phi) is 9.06. The van der Waals surface area contributed by atoms with E-state index < -0.39 is 36.3 Å². The number of alkyl halides is 2. The summed E-state index contributed by atoms with van der Waals surface area (Å²) in [7, 11) is 0. The van der Waals surface area contributed by atoms with E-state index in [0.29, 0.717) is 16.7 Å². The maximum absolute atomic E-state index is 14.8. The molecule has 35 heavy (non-hydrogen) atoms. The lowest BCUT2D eigenvalue weighted by atomic mass is 9.98. The monoisotopic (exact) mass is 480 g/mol. The average Bonchev–Trinajstić information content (AvgIpc) is 2.87. The second kappa shape index (κ2) is 12.4. The largest absolute Gasteiger partial charge is 0.445 e. The number of ether oxygens (including phenoxy) is 1. The highest BCUT2D eigenvalue weighted by atomic mass is 19.3. The number of hydrogen-bond acceptors (Lipinski definition) is 4. The molecule has 182 valence electrons. The summed E-state index contributed by atoms with van der Waals surface area (Å²) in [5.41, 5.74) is 1.95. The van der Waals surface area contributed by atoms with Crippen LogP contribution < -0.4 is 10.6 Å². The van der Waals surface area contributed by atoms with Gasteiger partial charge in [-0.25, -0.2) is 4.79 Å². The standard InChI is InChI=1S/C27H26F2N2O4/c28-27(29,19-30-24(32)17-21-12-6-2-7-13-21)25(33)23(16-20-10-4-1-5-11-20)31-26(34)35-18-22-14-8-3-9-15-22/h1-15,23H,16-19H2,(H,30,32)(H,31,34)/t23-/m0/s1. The summed E-state index contributed by atoms with van der Waals surface area (Å²) < 4.78 is 34.7. The van der Waals surface area contributed by atoms with Gasteiger partial charge < -0.3 is 15.4 Å². The number of ketones is 1. The van der Waals surface area contributed by atoms with Crippen LogP contribution in [-0.4, -0.2) is 36.3 Å². The quantitative estimate of drug-likeness (QED) is 0.433. The number of benzene rings is 3. The highest BCUT2D eigenvalue weighted by Gasteiger charge is 2.44. The van der Waals surface area contributed by atoms with Crippen molar-refractivity contribution in [1.82, 2.24) is 10.6 Å². The van der Waals surface area contributed by atoms with Crippen LogP contribution in [0, 0.1) is 0 Å². The van der Waals surface area contributed by atoms with Crippen molar-refractivity contribution in [3.63, 3.8) is 0 Å². The molecule has 3 aromatic rings. The minimum Gasteiger partial charge on any atom is -0.445 e. The molecule has 0 aliphatic heterocycles. The van der Waals surface area contributed by atoms with Gasteiger partial charge in [-0.2, -0.15) is 8.78 Å². The summed E-state index contributed by atoms with van der Waals surface area (Å²) in [6, 6.07) is 24.4. The van der Waals surface area contributed by atoms with Gasteiger partial charge in [-0.3, -0.25) is 9.59 Å². The van der Waals surface area contributed by atoms with Crippen molar-refractivity contribution in [2.75, 3.05) is 6.54 Å². The maximum atomic E-state index is 14.8. The van der Waals surface area contributed by atoms with Crippen molar-refractivity contribution >= 4 is 17.8 Å². The minimum absolute atomic E-state index is 0.0785. The fraction of sp³-hybridized carbons (Fsp3) is 0.222. The predicted molar refractivity (Wildman–Crippen MR) is 127 cm³/mol. The molecule has 0 radical (unpaired) electrons. The van der Waals surface area contributed by atoms with E-state index in [1.54, 1.807) is 91.0 Å². The lowest BCUT2D eigenvalue weighted by Crippen LogP contribution is -2.53. The van der Waals surface area contributed by atoms with Crippen LogP contribution in [0.2, 0.25) is 0 Å². The maximum Gasteiger partial charge on any atom is 0.408 e. The second-order valence-corrected chi connectivity index (χ2v) is 7.96. The van der Waals surface area contributed by atoms with E-state index in [1.165, 1.54) is 0 Å². The Hall–Kier alpha value is -4.07. The summed E-state index contributed by atoms with van der Waals surface area (Å²) >= 11 is 0. The number of carbonyl (C=O) groups is 3. The predicted octanol–water partition coefficient (Wildman–Crippen LogP) is 4.09. The molecule has 3 aromatic carbocycles. The van der Waals surface area contributed by atoms with Crippen LogP contribution in [0.5, 0.6) is 0 Å². The summed E-state index contributed by atoms with van der Waals surface area (Å²) in [5, 5.41) is 4.38. The van der Waals surface area contributed by atoms with E-state index in [1.807, 2.05) is 0 Å². The molecule has 2 N–H and O–H groups in total. The van der Waals surface area contributed by atoms with Crippen molar-refractivity contribution in [1.29, 1.82) is 0 Å². The van der Waals surface area contributed by atoms with E-state index >= 15 is 0 Å². The fourth-order valence-corrected chi connectivity index (χ4v) is 3.36. The molecule has 6 nitrogen and oxygen atoms in total. The van der Waals surface area contributed by atoms with Crippen molar-refractivity contribution in [3.8, 4) is 0 Å². The fourth-order valence-electron chi connectivity index (χ4n) is 3.36. The smallest absolute Gasteiger partial charge is 0.408 e. The molecule has 0 spiro atoms. The van der Waals surface area contributed by atoms with Crippen molar-refractivity contribution in [3.05, 3.63) is 108 Å². The number of carbonyl (C=O) groups excluding carboxylic acids is 3.